The van der Waals surface area contributed by atoms with Crippen molar-refractivity contribution in [2.75, 3.05) is 0 Å². The Hall–Kier alpha value is -1.81. The predicted molar refractivity (Wildman–Crippen MR) is 99.3 cm³/mol. The molecule has 120 valence electrons. The maximum atomic E-state index is 5.97. The van der Waals surface area contributed by atoms with E-state index in [9.17, 15) is 0 Å². The lowest BCUT2D eigenvalue weighted by Crippen LogP contribution is -2.12. The summed E-state index contributed by atoms with van der Waals surface area (Å²) in [6.45, 7) is 2.30. The third kappa shape index (κ3) is 5.39. The normalized spacial score (nSPS) is 10.1. The Balaban J connectivity index is 0.00000192. The van der Waals surface area contributed by atoms with Crippen molar-refractivity contribution in [1.82, 2.24) is 5.32 Å². The molecule has 2 aromatic carbocycles. The number of para-hydroxylation sites is 1. The molecule has 0 aliphatic carbocycles. The van der Waals surface area contributed by atoms with E-state index in [1.807, 2.05) is 30.3 Å². The van der Waals surface area contributed by atoms with Crippen LogP contribution in [0, 0.1) is 0 Å². The Morgan fingerprint density at radius 1 is 0.826 bits per heavy atom. The number of benzene rings is 2. The molecule has 0 atom stereocenters. The van der Waals surface area contributed by atoms with Crippen LogP contribution in [0.3, 0.4) is 0 Å². The molecule has 0 unspecified atom stereocenters. The first kappa shape index (κ1) is 17.5. The zero-order valence-electron chi connectivity index (χ0n) is 12.8. The van der Waals surface area contributed by atoms with Gasteiger partial charge in [0.25, 0.3) is 0 Å². The summed E-state index contributed by atoms with van der Waals surface area (Å²) in [4.78, 5) is 1.35. The molecule has 0 aliphatic rings. The molecule has 4 heteroatoms. The second-order valence-corrected chi connectivity index (χ2v) is 6.10. The number of halogens is 1. The molecule has 0 saturated heterocycles. The van der Waals surface area contributed by atoms with Gasteiger partial charge in [-0.05, 0) is 23.1 Å². The van der Waals surface area contributed by atoms with E-state index < -0.39 is 0 Å². The Kier molecular flexibility index (Phi) is 7.14. The van der Waals surface area contributed by atoms with Gasteiger partial charge in [-0.3, -0.25) is 0 Å². The highest BCUT2D eigenvalue weighted by Gasteiger charge is 2.03. The van der Waals surface area contributed by atoms with Crippen molar-refractivity contribution >= 4 is 23.7 Å². The second-order valence-electron chi connectivity index (χ2n) is 5.06. The lowest BCUT2D eigenvalue weighted by atomic mass is 10.2. The van der Waals surface area contributed by atoms with Crippen molar-refractivity contribution in [1.29, 1.82) is 0 Å². The zero-order valence-corrected chi connectivity index (χ0v) is 14.4. The quantitative estimate of drug-likeness (QED) is 0.647. The summed E-state index contributed by atoms with van der Waals surface area (Å²) in [5, 5.41) is 5.58. The van der Waals surface area contributed by atoms with Gasteiger partial charge in [0.05, 0.1) is 0 Å². The fourth-order valence-corrected chi connectivity index (χ4v) is 2.93. The van der Waals surface area contributed by atoms with Gasteiger partial charge in [0.2, 0.25) is 0 Å². The lowest BCUT2D eigenvalue weighted by Gasteiger charge is -2.12. The molecule has 0 fully saturated rings. The minimum Gasteiger partial charge on any atom is -0.489 e. The Labute approximate surface area is 147 Å². The molecule has 1 aromatic heterocycles. The fourth-order valence-electron chi connectivity index (χ4n) is 2.26. The van der Waals surface area contributed by atoms with E-state index in [1.54, 1.807) is 11.3 Å². The van der Waals surface area contributed by atoms with Crippen LogP contribution in [0.5, 0.6) is 5.75 Å². The van der Waals surface area contributed by atoms with E-state index in [0.717, 1.165) is 18.8 Å². The van der Waals surface area contributed by atoms with Gasteiger partial charge in [0.1, 0.15) is 12.4 Å². The molecule has 23 heavy (non-hydrogen) atoms. The minimum atomic E-state index is 0. The minimum absolute atomic E-state index is 0. The van der Waals surface area contributed by atoms with Crippen LogP contribution in [-0.4, -0.2) is 0 Å². The van der Waals surface area contributed by atoms with E-state index >= 15 is 0 Å². The third-order valence-corrected chi connectivity index (χ3v) is 4.28. The predicted octanol–water partition coefficient (Wildman–Crippen LogP) is 5.04. The molecule has 1 N–H and O–H groups in total. The average Bonchev–Trinajstić information content (AvgIpc) is 3.08. The Morgan fingerprint density at radius 2 is 1.61 bits per heavy atom. The summed E-state index contributed by atoms with van der Waals surface area (Å²) < 4.78 is 5.97. The first-order valence-corrected chi connectivity index (χ1v) is 8.27. The van der Waals surface area contributed by atoms with Crippen molar-refractivity contribution in [2.45, 2.75) is 19.7 Å². The highest BCUT2D eigenvalue weighted by atomic mass is 35.5. The third-order valence-electron chi connectivity index (χ3n) is 3.40. The van der Waals surface area contributed by atoms with Gasteiger partial charge in [-0.2, -0.15) is 0 Å². The molecule has 0 amide bonds. The Bertz CT molecular complexity index is 686. The van der Waals surface area contributed by atoms with Gasteiger partial charge in [-0.15, -0.1) is 23.7 Å². The summed E-state index contributed by atoms with van der Waals surface area (Å²) in [7, 11) is 0. The lowest BCUT2D eigenvalue weighted by molar-refractivity contribution is 0.302. The molecular formula is C19H20ClNOS. The van der Waals surface area contributed by atoms with E-state index in [2.05, 4.69) is 47.1 Å². The summed E-state index contributed by atoms with van der Waals surface area (Å²) in [6.07, 6.45) is 0. The molecule has 1 heterocycles. The number of hydrogen-bond acceptors (Lipinski definition) is 3. The molecule has 3 aromatic rings. The van der Waals surface area contributed by atoms with Gasteiger partial charge in [0, 0.05) is 23.5 Å². The van der Waals surface area contributed by atoms with E-state index in [1.165, 1.54) is 16.0 Å². The van der Waals surface area contributed by atoms with E-state index in [-0.39, 0.29) is 12.4 Å². The van der Waals surface area contributed by atoms with E-state index in [4.69, 9.17) is 4.74 Å². The molecule has 0 bridgehead atoms. The summed E-state index contributed by atoms with van der Waals surface area (Å²) in [6, 6.07) is 22.7. The molecule has 0 spiro atoms. The fraction of sp³-hybridized carbons (Fsp3) is 0.158. The topological polar surface area (TPSA) is 21.3 Å². The first-order chi connectivity index (χ1) is 10.9. The molecule has 2 nitrogen and oxygen atoms in total. The highest BCUT2D eigenvalue weighted by molar-refractivity contribution is 7.09. The molecular weight excluding hydrogens is 326 g/mol. The summed E-state index contributed by atoms with van der Waals surface area (Å²) >= 11 is 1.78. The number of hydrogen-bond donors (Lipinski definition) is 1. The van der Waals surface area contributed by atoms with Crippen molar-refractivity contribution in [3.8, 4) is 5.75 Å². The smallest absolute Gasteiger partial charge is 0.124 e. The molecule has 0 saturated carbocycles. The van der Waals surface area contributed by atoms with Gasteiger partial charge >= 0.3 is 0 Å². The van der Waals surface area contributed by atoms with Gasteiger partial charge in [-0.1, -0.05) is 54.6 Å². The summed E-state index contributed by atoms with van der Waals surface area (Å²) in [5.41, 5.74) is 2.37. The molecule has 3 rings (SSSR count). The monoisotopic (exact) mass is 345 g/mol. The standard InChI is InChI=1S/C19H19NOS.ClH/c1-2-7-16(8-3-1)15-21-19-11-5-4-9-17(19)13-20-14-18-10-6-12-22-18;/h1-12,20H,13-15H2;1H. The van der Waals surface area contributed by atoms with Crippen LogP contribution in [0.15, 0.2) is 72.1 Å². The van der Waals surface area contributed by atoms with Crippen molar-refractivity contribution in [3.63, 3.8) is 0 Å². The van der Waals surface area contributed by atoms with Crippen molar-refractivity contribution < 1.29 is 4.74 Å². The SMILES string of the molecule is Cl.c1ccc(COc2ccccc2CNCc2cccs2)cc1. The van der Waals surface area contributed by atoms with Crippen LogP contribution in [0.2, 0.25) is 0 Å². The summed E-state index contributed by atoms with van der Waals surface area (Å²) in [5.74, 6) is 0.949. The van der Waals surface area contributed by atoms with Crippen LogP contribution in [0.4, 0.5) is 0 Å². The number of rotatable bonds is 7. The van der Waals surface area contributed by atoms with Crippen LogP contribution in [0.25, 0.3) is 0 Å². The first-order valence-electron chi connectivity index (χ1n) is 7.39. The Morgan fingerprint density at radius 3 is 2.39 bits per heavy atom. The van der Waals surface area contributed by atoms with Crippen molar-refractivity contribution in [3.05, 3.63) is 88.1 Å². The average molecular weight is 346 g/mol. The molecule has 0 aliphatic heterocycles. The van der Waals surface area contributed by atoms with Gasteiger partial charge < -0.3 is 10.1 Å². The molecule has 0 radical (unpaired) electrons. The largest absolute Gasteiger partial charge is 0.489 e. The number of nitrogens with one attached hydrogen (secondary N) is 1. The van der Waals surface area contributed by atoms with Crippen LogP contribution < -0.4 is 10.1 Å². The van der Waals surface area contributed by atoms with Crippen LogP contribution in [0.1, 0.15) is 16.0 Å². The maximum Gasteiger partial charge on any atom is 0.124 e. The zero-order chi connectivity index (χ0) is 15.0. The van der Waals surface area contributed by atoms with E-state index in [0.29, 0.717) is 6.61 Å². The van der Waals surface area contributed by atoms with Crippen LogP contribution in [-0.2, 0) is 19.7 Å². The number of thiophene rings is 1. The number of ether oxygens (including phenoxy) is 1. The van der Waals surface area contributed by atoms with Gasteiger partial charge in [0.15, 0.2) is 0 Å². The van der Waals surface area contributed by atoms with Gasteiger partial charge in [-0.25, -0.2) is 0 Å². The van der Waals surface area contributed by atoms with Crippen molar-refractivity contribution in [2.24, 2.45) is 0 Å². The highest BCUT2D eigenvalue weighted by Crippen LogP contribution is 2.19. The second kappa shape index (κ2) is 9.36. The van der Waals surface area contributed by atoms with Crippen LogP contribution >= 0.6 is 23.7 Å². The maximum absolute atomic E-state index is 5.97.